The van der Waals surface area contributed by atoms with Crippen LogP contribution in [0.3, 0.4) is 0 Å². The van der Waals surface area contributed by atoms with E-state index in [-0.39, 0.29) is 23.8 Å². The van der Waals surface area contributed by atoms with Gasteiger partial charge in [-0.15, -0.1) is 0 Å². The van der Waals surface area contributed by atoms with Gasteiger partial charge in [-0.25, -0.2) is 0 Å². The third kappa shape index (κ3) is 4.73. The van der Waals surface area contributed by atoms with Crippen molar-refractivity contribution in [1.29, 1.82) is 5.26 Å². The zero-order valence-electron chi connectivity index (χ0n) is 10.5. The van der Waals surface area contributed by atoms with E-state index >= 15 is 0 Å². The number of nitro benzene ring substituents is 1. The van der Waals surface area contributed by atoms with Gasteiger partial charge in [0.05, 0.1) is 17.5 Å². The van der Waals surface area contributed by atoms with Crippen molar-refractivity contribution in [2.75, 3.05) is 25.5 Å². The first kappa shape index (κ1) is 14.6. The highest BCUT2D eigenvalue weighted by Gasteiger charge is 2.15. The normalized spacial score (nSPS) is 9.95. The maximum absolute atomic E-state index is 11.7. The monoisotopic (exact) mass is 262 g/mol. The Bertz CT molecular complexity index is 510. The molecule has 0 aliphatic carbocycles. The highest BCUT2D eigenvalue weighted by molar-refractivity contribution is 5.94. The van der Waals surface area contributed by atoms with Gasteiger partial charge < -0.3 is 5.32 Å². The van der Waals surface area contributed by atoms with Crippen molar-refractivity contribution in [2.45, 2.75) is 6.42 Å². The predicted molar refractivity (Wildman–Crippen MR) is 69.5 cm³/mol. The number of nitrogens with one attached hydrogen (secondary N) is 1. The molecule has 0 heterocycles. The molecule has 0 unspecified atom stereocenters. The average Bonchev–Trinajstić information content (AvgIpc) is 2.36. The van der Waals surface area contributed by atoms with E-state index in [1.165, 1.54) is 18.2 Å². The number of nitrogens with zero attached hydrogens (tertiary/aromatic N) is 3. The molecule has 0 radical (unpaired) electrons. The highest BCUT2D eigenvalue weighted by atomic mass is 16.6. The number of nitro groups is 1. The molecule has 0 saturated heterocycles. The number of rotatable bonds is 6. The Labute approximate surface area is 110 Å². The van der Waals surface area contributed by atoms with Crippen LogP contribution in [0.4, 0.5) is 11.4 Å². The van der Waals surface area contributed by atoms with Crippen LogP contribution in [0.2, 0.25) is 0 Å². The average molecular weight is 262 g/mol. The molecule has 0 bridgehead atoms. The smallest absolute Gasteiger partial charge is 0.292 e. The highest BCUT2D eigenvalue weighted by Crippen LogP contribution is 2.22. The van der Waals surface area contributed by atoms with Crippen molar-refractivity contribution in [3.63, 3.8) is 0 Å². The summed E-state index contributed by atoms with van der Waals surface area (Å²) in [5, 5.41) is 21.7. The van der Waals surface area contributed by atoms with Crippen LogP contribution >= 0.6 is 0 Å². The summed E-state index contributed by atoms with van der Waals surface area (Å²) >= 11 is 0. The lowest BCUT2D eigenvalue weighted by Crippen LogP contribution is -2.30. The third-order valence-electron chi connectivity index (χ3n) is 2.39. The molecule has 1 rings (SSSR count). The van der Waals surface area contributed by atoms with Crippen LogP contribution in [-0.2, 0) is 4.79 Å². The minimum atomic E-state index is -0.547. The van der Waals surface area contributed by atoms with Crippen LogP contribution in [0.1, 0.15) is 6.42 Å². The molecule has 1 aromatic rings. The number of nitriles is 1. The summed E-state index contributed by atoms with van der Waals surface area (Å²) in [6, 6.07) is 7.94. The van der Waals surface area contributed by atoms with Crippen molar-refractivity contribution in [1.82, 2.24) is 4.90 Å². The van der Waals surface area contributed by atoms with Crippen LogP contribution in [-0.4, -0.2) is 35.9 Å². The quantitative estimate of drug-likeness (QED) is 0.616. The third-order valence-corrected chi connectivity index (χ3v) is 2.39. The Morgan fingerprint density at radius 3 is 2.84 bits per heavy atom. The van der Waals surface area contributed by atoms with Gasteiger partial charge in [-0.2, -0.15) is 5.26 Å². The zero-order chi connectivity index (χ0) is 14.3. The summed E-state index contributed by atoms with van der Waals surface area (Å²) in [4.78, 5) is 23.6. The molecule has 0 fully saturated rings. The van der Waals surface area contributed by atoms with Crippen LogP contribution in [0, 0.1) is 21.4 Å². The summed E-state index contributed by atoms with van der Waals surface area (Å²) in [6.07, 6.45) is 0.329. The Morgan fingerprint density at radius 1 is 1.53 bits per heavy atom. The molecule has 0 saturated carbocycles. The largest absolute Gasteiger partial charge is 0.319 e. The maximum Gasteiger partial charge on any atom is 0.292 e. The number of carbonyl (C=O) groups is 1. The fourth-order valence-corrected chi connectivity index (χ4v) is 1.49. The Hall–Kier alpha value is -2.46. The second-order valence-corrected chi connectivity index (χ2v) is 3.97. The molecule has 1 N–H and O–H groups in total. The van der Waals surface area contributed by atoms with E-state index in [0.717, 1.165) is 0 Å². The van der Waals surface area contributed by atoms with Crippen LogP contribution in [0.5, 0.6) is 0 Å². The van der Waals surface area contributed by atoms with E-state index in [2.05, 4.69) is 5.32 Å². The van der Waals surface area contributed by atoms with E-state index < -0.39 is 4.92 Å². The second kappa shape index (κ2) is 7.08. The van der Waals surface area contributed by atoms with E-state index in [1.807, 2.05) is 6.07 Å². The Morgan fingerprint density at radius 2 is 2.21 bits per heavy atom. The molecular formula is C12H14N4O3. The van der Waals surface area contributed by atoms with E-state index in [0.29, 0.717) is 13.0 Å². The molecule has 7 heteroatoms. The molecule has 0 aliphatic heterocycles. The molecule has 1 amide bonds. The van der Waals surface area contributed by atoms with Gasteiger partial charge >= 0.3 is 0 Å². The molecule has 0 aromatic heterocycles. The number of hydrogen-bond donors (Lipinski definition) is 1. The number of benzene rings is 1. The molecule has 100 valence electrons. The first-order chi connectivity index (χ1) is 9.04. The van der Waals surface area contributed by atoms with Gasteiger partial charge in [-0.3, -0.25) is 19.8 Å². The minimum absolute atomic E-state index is 0.0771. The van der Waals surface area contributed by atoms with Gasteiger partial charge in [0.25, 0.3) is 5.69 Å². The molecule has 0 aliphatic rings. The predicted octanol–water partition coefficient (Wildman–Crippen LogP) is 1.38. The lowest BCUT2D eigenvalue weighted by atomic mass is 10.2. The van der Waals surface area contributed by atoms with Crippen molar-refractivity contribution in [3.05, 3.63) is 34.4 Å². The van der Waals surface area contributed by atoms with E-state index in [1.54, 1.807) is 18.0 Å². The number of likely N-dealkylation sites (N-methyl/N-ethyl adjacent to an activating group) is 1. The van der Waals surface area contributed by atoms with Gasteiger partial charge in [-0.05, 0) is 13.1 Å². The van der Waals surface area contributed by atoms with Gasteiger partial charge in [0, 0.05) is 19.0 Å². The fourth-order valence-electron chi connectivity index (χ4n) is 1.49. The topological polar surface area (TPSA) is 99.3 Å². The van der Waals surface area contributed by atoms with Crippen LogP contribution in [0.25, 0.3) is 0 Å². The summed E-state index contributed by atoms with van der Waals surface area (Å²) in [6.45, 7) is 0.550. The summed E-state index contributed by atoms with van der Waals surface area (Å²) < 4.78 is 0. The minimum Gasteiger partial charge on any atom is -0.319 e. The van der Waals surface area contributed by atoms with E-state index in [4.69, 9.17) is 5.26 Å². The second-order valence-electron chi connectivity index (χ2n) is 3.97. The lowest BCUT2D eigenvalue weighted by Gasteiger charge is -2.14. The van der Waals surface area contributed by atoms with E-state index in [9.17, 15) is 14.9 Å². The lowest BCUT2D eigenvalue weighted by molar-refractivity contribution is -0.383. The Kier molecular flexibility index (Phi) is 5.44. The number of anilines is 1. The van der Waals surface area contributed by atoms with Gasteiger partial charge in [0.1, 0.15) is 5.69 Å². The summed E-state index contributed by atoms with van der Waals surface area (Å²) in [5.41, 5.74) is 0.0294. The molecule has 0 spiro atoms. The molecule has 0 atom stereocenters. The molecular weight excluding hydrogens is 248 g/mol. The number of para-hydroxylation sites is 2. The summed E-state index contributed by atoms with van der Waals surface area (Å²) in [7, 11) is 1.70. The van der Waals surface area contributed by atoms with Crippen LogP contribution < -0.4 is 5.32 Å². The first-order valence-electron chi connectivity index (χ1n) is 5.63. The molecule has 1 aromatic carbocycles. The summed E-state index contributed by atoms with van der Waals surface area (Å²) in [5.74, 6) is -0.352. The maximum atomic E-state index is 11.7. The van der Waals surface area contributed by atoms with Crippen molar-refractivity contribution >= 4 is 17.3 Å². The van der Waals surface area contributed by atoms with Crippen molar-refractivity contribution in [3.8, 4) is 6.07 Å². The number of hydrogen-bond acceptors (Lipinski definition) is 5. The first-order valence-corrected chi connectivity index (χ1v) is 5.63. The van der Waals surface area contributed by atoms with Gasteiger partial charge in [-0.1, -0.05) is 12.1 Å². The Balaban J connectivity index is 2.63. The molecule has 19 heavy (non-hydrogen) atoms. The zero-order valence-corrected chi connectivity index (χ0v) is 10.5. The van der Waals surface area contributed by atoms with Crippen LogP contribution in [0.15, 0.2) is 24.3 Å². The van der Waals surface area contributed by atoms with Gasteiger partial charge in [0.15, 0.2) is 0 Å². The van der Waals surface area contributed by atoms with Crippen molar-refractivity contribution in [2.24, 2.45) is 0 Å². The molecule has 7 nitrogen and oxygen atoms in total. The number of amides is 1. The standard InChI is InChI=1S/C12H14N4O3/c1-15(8-4-7-13)9-12(17)14-10-5-2-3-6-11(10)16(18)19/h2-3,5-6H,4,8-9H2,1H3,(H,14,17). The number of carbonyl (C=O) groups excluding carboxylic acids is 1. The van der Waals surface area contributed by atoms with Gasteiger partial charge in [0.2, 0.25) is 5.91 Å². The SMILES string of the molecule is CN(CCC#N)CC(=O)Nc1ccccc1[N+](=O)[O-]. The fraction of sp³-hybridized carbons (Fsp3) is 0.333. The van der Waals surface area contributed by atoms with Crippen molar-refractivity contribution < 1.29 is 9.72 Å².